The van der Waals surface area contributed by atoms with Gasteiger partial charge in [0.2, 0.25) is 0 Å². The number of anilines is 1. The highest BCUT2D eigenvalue weighted by Crippen LogP contribution is 2.32. The Balaban J connectivity index is 1.70. The van der Waals surface area contributed by atoms with E-state index >= 15 is 0 Å². The van der Waals surface area contributed by atoms with Crippen LogP contribution < -0.4 is 10.6 Å². The Kier molecular flexibility index (Phi) is 8.77. The van der Waals surface area contributed by atoms with Crippen molar-refractivity contribution in [3.8, 4) is 0 Å². The molecule has 0 spiro atoms. The normalized spacial score (nSPS) is 12.0. The smallest absolute Gasteiger partial charge is 0.319 e. The first-order valence-electron chi connectivity index (χ1n) is 11.2. The number of hydrogen-bond acceptors (Lipinski definition) is 3. The van der Waals surface area contributed by atoms with E-state index in [1.807, 2.05) is 30.5 Å². The standard InChI is InChI=1S/C26H33N3OS/c1-4-5-6-7-11-21(20-12-8-10-19(2)17-20)18-28-26(30)29-25-22-13-9-16-27-23(22)14-15-24(25)31-3/h8-10,12-17,21H,4-7,11,18H2,1-3H3,(H2,28,29,30). The van der Waals surface area contributed by atoms with Crippen LogP contribution in [0.5, 0.6) is 0 Å². The Morgan fingerprint density at radius 1 is 1.10 bits per heavy atom. The van der Waals surface area contributed by atoms with Gasteiger partial charge in [-0.1, -0.05) is 62.4 Å². The van der Waals surface area contributed by atoms with Crippen LogP contribution in [0.3, 0.4) is 0 Å². The second-order valence-electron chi connectivity index (χ2n) is 8.01. The second kappa shape index (κ2) is 11.8. The summed E-state index contributed by atoms with van der Waals surface area (Å²) in [6, 6.07) is 16.4. The zero-order valence-corrected chi connectivity index (χ0v) is 19.6. The van der Waals surface area contributed by atoms with Crippen LogP contribution in [-0.2, 0) is 0 Å². The molecule has 1 heterocycles. The molecule has 2 amide bonds. The number of carbonyl (C=O) groups is 1. The molecule has 0 aliphatic carbocycles. The molecular formula is C26H33N3OS. The molecule has 0 saturated carbocycles. The van der Waals surface area contributed by atoms with Crippen LogP contribution in [0.15, 0.2) is 59.6 Å². The van der Waals surface area contributed by atoms with Gasteiger partial charge < -0.3 is 10.6 Å². The number of hydrogen-bond donors (Lipinski definition) is 2. The van der Waals surface area contributed by atoms with Gasteiger partial charge in [-0.3, -0.25) is 4.98 Å². The number of unbranched alkanes of at least 4 members (excludes halogenated alkanes) is 3. The van der Waals surface area contributed by atoms with Crippen molar-refractivity contribution in [1.29, 1.82) is 0 Å². The maximum Gasteiger partial charge on any atom is 0.319 e. The fourth-order valence-corrected chi connectivity index (χ4v) is 4.50. The molecule has 4 nitrogen and oxygen atoms in total. The van der Waals surface area contributed by atoms with Crippen molar-refractivity contribution in [2.24, 2.45) is 0 Å². The molecule has 2 aromatic carbocycles. The van der Waals surface area contributed by atoms with E-state index in [9.17, 15) is 4.79 Å². The third-order valence-electron chi connectivity index (χ3n) is 5.63. The van der Waals surface area contributed by atoms with Crippen LogP contribution in [0.25, 0.3) is 10.9 Å². The number of nitrogens with zero attached hydrogens (tertiary/aromatic N) is 1. The second-order valence-corrected chi connectivity index (χ2v) is 8.86. The number of amides is 2. The lowest BCUT2D eigenvalue weighted by Gasteiger charge is -2.20. The average Bonchev–Trinajstić information content (AvgIpc) is 2.79. The van der Waals surface area contributed by atoms with E-state index in [1.54, 1.807) is 18.0 Å². The fraction of sp³-hybridized carbons (Fsp3) is 0.385. The molecule has 3 aromatic rings. The van der Waals surface area contributed by atoms with Crippen molar-refractivity contribution in [3.63, 3.8) is 0 Å². The highest BCUT2D eigenvalue weighted by atomic mass is 32.2. The Bertz CT molecular complexity index is 1000. The number of aryl methyl sites for hydroxylation is 1. The number of carbonyl (C=O) groups excluding carboxylic acids is 1. The van der Waals surface area contributed by atoms with Crippen LogP contribution in [0.4, 0.5) is 10.5 Å². The number of urea groups is 1. The first-order chi connectivity index (χ1) is 15.1. The molecule has 0 fully saturated rings. The zero-order chi connectivity index (χ0) is 22.1. The molecule has 0 radical (unpaired) electrons. The lowest BCUT2D eigenvalue weighted by molar-refractivity contribution is 0.251. The summed E-state index contributed by atoms with van der Waals surface area (Å²) in [5.74, 6) is 0.316. The molecule has 1 atom stereocenters. The van der Waals surface area contributed by atoms with Gasteiger partial charge in [-0.15, -0.1) is 11.8 Å². The van der Waals surface area contributed by atoms with Gasteiger partial charge in [-0.2, -0.15) is 0 Å². The van der Waals surface area contributed by atoms with E-state index in [1.165, 1.54) is 36.8 Å². The first-order valence-corrected chi connectivity index (χ1v) is 12.4. The highest BCUT2D eigenvalue weighted by Gasteiger charge is 2.15. The van der Waals surface area contributed by atoms with Crippen molar-refractivity contribution in [2.75, 3.05) is 18.1 Å². The van der Waals surface area contributed by atoms with Crippen molar-refractivity contribution in [2.45, 2.75) is 56.8 Å². The van der Waals surface area contributed by atoms with Gasteiger partial charge in [0.15, 0.2) is 0 Å². The molecule has 0 saturated heterocycles. The van der Waals surface area contributed by atoms with Crippen molar-refractivity contribution >= 4 is 34.4 Å². The molecule has 0 aliphatic rings. The van der Waals surface area contributed by atoms with Crippen molar-refractivity contribution in [1.82, 2.24) is 10.3 Å². The zero-order valence-electron chi connectivity index (χ0n) is 18.8. The van der Waals surface area contributed by atoms with Crippen molar-refractivity contribution < 1.29 is 4.79 Å². The third kappa shape index (κ3) is 6.47. The molecule has 31 heavy (non-hydrogen) atoms. The van der Waals surface area contributed by atoms with E-state index in [0.29, 0.717) is 12.5 Å². The van der Waals surface area contributed by atoms with Gasteiger partial charge in [0.1, 0.15) is 0 Å². The van der Waals surface area contributed by atoms with Crippen LogP contribution in [0, 0.1) is 6.92 Å². The van der Waals surface area contributed by atoms with E-state index < -0.39 is 0 Å². The Hall–Kier alpha value is -2.53. The van der Waals surface area contributed by atoms with Crippen molar-refractivity contribution in [3.05, 3.63) is 65.9 Å². The summed E-state index contributed by atoms with van der Waals surface area (Å²) in [6.45, 7) is 4.98. The highest BCUT2D eigenvalue weighted by molar-refractivity contribution is 7.98. The predicted octanol–water partition coefficient (Wildman–Crippen LogP) is 7.14. The maximum atomic E-state index is 12.9. The lowest BCUT2D eigenvalue weighted by Crippen LogP contribution is -2.32. The summed E-state index contributed by atoms with van der Waals surface area (Å²) in [4.78, 5) is 18.3. The van der Waals surface area contributed by atoms with Crippen LogP contribution >= 0.6 is 11.8 Å². The number of nitrogens with one attached hydrogen (secondary N) is 2. The topological polar surface area (TPSA) is 54.0 Å². The average molecular weight is 436 g/mol. The van der Waals surface area contributed by atoms with E-state index in [4.69, 9.17) is 0 Å². The van der Waals surface area contributed by atoms with E-state index in [0.717, 1.165) is 27.9 Å². The largest absolute Gasteiger partial charge is 0.337 e. The van der Waals surface area contributed by atoms with E-state index in [2.05, 4.69) is 53.7 Å². The summed E-state index contributed by atoms with van der Waals surface area (Å²) in [6.07, 6.45) is 9.79. The SMILES string of the molecule is CCCCCCC(CNC(=O)Nc1c(SC)ccc2ncccc12)c1cccc(C)c1. The predicted molar refractivity (Wildman–Crippen MR) is 133 cm³/mol. The summed E-state index contributed by atoms with van der Waals surface area (Å²) in [5, 5.41) is 7.17. The lowest BCUT2D eigenvalue weighted by atomic mass is 9.92. The molecule has 0 aliphatic heterocycles. The Morgan fingerprint density at radius 2 is 1.97 bits per heavy atom. The number of thioether (sulfide) groups is 1. The minimum atomic E-state index is -0.169. The molecular weight excluding hydrogens is 402 g/mol. The fourth-order valence-electron chi connectivity index (χ4n) is 3.93. The Labute approximate surface area is 190 Å². The number of aromatic nitrogens is 1. The van der Waals surface area contributed by atoms with E-state index in [-0.39, 0.29) is 6.03 Å². The Morgan fingerprint density at radius 3 is 2.74 bits per heavy atom. The van der Waals surface area contributed by atoms with Gasteiger partial charge in [0, 0.05) is 28.9 Å². The molecule has 5 heteroatoms. The summed E-state index contributed by atoms with van der Waals surface area (Å²) >= 11 is 1.62. The minimum Gasteiger partial charge on any atom is -0.337 e. The molecule has 1 unspecified atom stereocenters. The molecule has 0 bridgehead atoms. The van der Waals surface area contributed by atoms with Crippen LogP contribution in [-0.4, -0.2) is 23.8 Å². The number of fused-ring (bicyclic) bond motifs is 1. The number of pyridine rings is 1. The van der Waals surface area contributed by atoms with Crippen LogP contribution in [0.2, 0.25) is 0 Å². The monoisotopic (exact) mass is 435 g/mol. The first kappa shape index (κ1) is 23.1. The molecule has 2 N–H and O–H groups in total. The molecule has 1 aromatic heterocycles. The number of benzene rings is 2. The summed E-state index contributed by atoms with van der Waals surface area (Å²) in [5.41, 5.74) is 4.26. The molecule has 164 valence electrons. The quantitative estimate of drug-likeness (QED) is 0.263. The van der Waals surface area contributed by atoms with Gasteiger partial charge in [-0.05, 0) is 49.4 Å². The summed E-state index contributed by atoms with van der Waals surface area (Å²) < 4.78 is 0. The third-order valence-corrected chi connectivity index (χ3v) is 6.41. The maximum absolute atomic E-state index is 12.9. The van der Waals surface area contributed by atoms with Gasteiger partial charge in [0.25, 0.3) is 0 Å². The summed E-state index contributed by atoms with van der Waals surface area (Å²) in [7, 11) is 0. The van der Waals surface area contributed by atoms with Gasteiger partial charge in [-0.25, -0.2) is 4.79 Å². The van der Waals surface area contributed by atoms with Gasteiger partial charge >= 0.3 is 6.03 Å². The number of rotatable bonds is 10. The minimum absolute atomic E-state index is 0.169. The van der Waals surface area contributed by atoms with Gasteiger partial charge in [0.05, 0.1) is 11.2 Å². The molecule has 3 rings (SSSR count). The van der Waals surface area contributed by atoms with Crippen LogP contribution in [0.1, 0.15) is 56.1 Å².